The lowest BCUT2D eigenvalue weighted by Crippen LogP contribution is -2.22. The van der Waals surface area contributed by atoms with Gasteiger partial charge >= 0.3 is 0 Å². The first kappa shape index (κ1) is 15.6. The maximum Gasteiger partial charge on any atom is 0.237 e. The van der Waals surface area contributed by atoms with E-state index >= 15 is 0 Å². The number of anilines is 1. The summed E-state index contributed by atoms with van der Waals surface area (Å²) in [5, 5.41) is 2.90. The minimum absolute atomic E-state index is 0.0548. The zero-order valence-electron chi connectivity index (χ0n) is 12.7. The summed E-state index contributed by atoms with van der Waals surface area (Å²) >= 11 is 1.66. The number of hydrogen-bond acceptors (Lipinski definition) is 2. The summed E-state index contributed by atoms with van der Waals surface area (Å²) in [5.74, 6) is 0.911. The van der Waals surface area contributed by atoms with Crippen LogP contribution in [0.25, 0.3) is 0 Å². The normalized spacial score (nSPS) is 12.0. The molecule has 110 valence electrons. The molecule has 3 heteroatoms. The Kier molecular flexibility index (Phi) is 5.45. The van der Waals surface area contributed by atoms with Crippen LogP contribution >= 0.6 is 11.8 Å². The van der Waals surface area contributed by atoms with Crippen molar-refractivity contribution in [2.45, 2.75) is 31.8 Å². The molecule has 0 saturated carbocycles. The van der Waals surface area contributed by atoms with Crippen molar-refractivity contribution in [1.82, 2.24) is 0 Å². The number of thioether (sulfide) groups is 1. The van der Waals surface area contributed by atoms with E-state index < -0.39 is 0 Å². The third kappa shape index (κ3) is 4.64. The van der Waals surface area contributed by atoms with Gasteiger partial charge in [-0.05, 0) is 49.6 Å². The van der Waals surface area contributed by atoms with Crippen LogP contribution in [0.2, 0.25) is 0 Å². The van der Waals surface area contributed by atoms with Crippen LogP contribution in [0.4, 0.5) is 5.69 Å². The minimum atomic E-state index is -0.0786. The van der Waals surface area contributed by atoms with Crippen LogP contribution < -0.4 is 5.32 Å². The van der Waals surface area contributed by atoms with Crippen LogP contribution in [0.3, 0.4) is 0 Å². The molecule has 0 bridgehead atoms. The fourth-order valence-corrected chi connectivity index (χ4v) is 2.99. The van der Waals surface area contributed by atoms with E-state index in [-0.39, 0.29) is 11.2 Å². The van der Waals surface area contributed by atoms with Gasteiger partial charge in [-0.2, -0.15) is 0 Å². The second kappa shape index (κ2) is 7.32. The molecule has 0 spiro atoms. The first-order chi connectivity index (χ1) is 10.1. The van der Waals surface area contributed by atoms with E-state index in [4.69, 9.17) is 0 Å². The Hall–Kier alpha value is -1.74. The van der Waals surface area contributed by atoms with Gasteiger partial charge in [-0.15, -0.1) is 11.8 Å². The molecule has 2 rings (SSSR count). The van der Waals surface area contributed by atoms with Gasteiger partial charge in [-0.25, -0.2) is 0 Å². The Morgan fingerprint density at radius 3 is 2.62 bits per heavy atom. The van der Waals surface area contributed by atoms with E-state index in [2.05, 4.69) is 24.4 Å². The van der Waals surface area contributed by atoms with Gasteiger partial charge in [-0.1, -0.05) is 36.4 Å². The standard InChI is InChI=1S/C18H21NOS/c1-13-7-6-10-17(11-13)19-18(20)15(3)21-12-16-9-5-4-8-14(16)2/h4-11,15H,12H2,1-3H3,(H,19,20). The molecule has 0 aliphatic rings. The smallest absolute Gasteiger partial charge is 0.237 e. The molecule has 0 fully saturated rings. The summed E-state index contributed by atoms with van der Waals surface area (Å²) in [6.07, 6.45) is 0. The predicted octanol–water partition coefficient (Wildman–Crippen LogP) is 4.56. The Morgan fingerprint density at radius 1 is 1.14 bits per heavy atom. The van der Waals surface area contributed by atoms with Crippen molar-refractivity contribution in [3.05, 3.63) is 65.2 Å². The van der Waals surface area contributed by atoms with Gasteiger partial charge in [-0.3, -0.25) is 4.79 Å². The quantitative estimate of drug-likeness (QED) is 0.876. The maximum atomic E-state index is 12.2. The van der Waals surface area contributed by atoms with Crippen molar-refractivity contribution in [3.8, 4) is 0 Å². The van der Waals surface area contributed by atoms with Crippen LogP contribution in [-0.4, -0.2) is 11.2 Å². The van der Waals surface area contributed by atoms with Gasteiger partial charge in [0.2, 0.25) is 5.91 Å². The van der Waals surface area contributed by atoms with E-state index in [0.717, 1.165) is 17.0 Å². The van der Waals surface area contributed by atoms with Gasteiger partial charge in [0.1, 0.15) is 0 Å². The number of nitrogens with one attached hydrogen (secondary N) is 1. The predicted molar refractivity (Wildman–Crippen MR) is 91.7 cm³/mol. The highest BCUT2D eigenvalue weighted by molar-refractivity contribution is 7.99. The summed E-state index contributed by atoms with van der Waals surface area (Å²) in [7, 11) is 0. The molecule has 2 aromatic carbocycles. The molecule has 21 heavy (non-hydrogen) atoms. The summed E-state index contributed by atoms with van der Waals surface area (Å²) in [6, 6.07) is 16.2. The Balaban J connectivity index is 1.90. The third-order valence-corrected chi connectivity index (χ3v) is 4.60. The average Bonchev–Trinajstić information content (AvgIpc) is 2.46. The van der Waals surface area contributed by atoms with Gasteiger partial charge in [0.25, 0.3) is 0 Å². The average molecular weight is 299 g/mol. The molecule has 0 heterocycles. The van der Waals surface area contributed by atoms with Gasteiger partial charge in [0.15, 0.2) is 0 Å². The number of carbonyl (C=O) groups is 1. The van der Waals surface area contributed by atoms with E-state index in [9.17, 15) is 4.79 Å². The summed E-state index contributed by atoms with van der Waals surface area (Å²) in [6.45, 7) is 6.08. The highest BCUT2D eigenvalue weighted by Crippen LogP contribution is 2.21. The number of hydrogen-bond donors (Lipinski definition) is 1. The van der Waals surface area contributed by atoms with Crippen molar-refractivity contribution in [2.75, 3.05) is 5.32 Å². The summed E-state index contributed by atoms with van der Waals surface area (Å²) in [5.41, 5.74) is 4.57. The second-order valence-electron chi connectivity index (χ2n) is 5.24. The third-order valence-electron chi connectivity index (χ3n) is 3.40. The lowest BCUT2D eigenvalue weighted by molar-refractivity contribution is -0.115. The molecular formula is C18H21NOS. The SMILES string of the molecule is Cc1cccc(NC(=O)C(C)SCc2ccccc2C)c1. The van der Waals surface area contributed by atoms with Crippen LogP contribution in [0.5, 0.6) is 0 Å². The molecule has 2 aromatic rings. The number of aryl methyl sites for hydroxylation is 2. The number of rotatable bonds is 5. The largest absolute Gasteiger partial charge is 0.325 e. The molecule has 0 aliphatic carbocycles. The van der Waals surface area contributed by atoms with E-state index in [1.54, 1.807) is 11.8 Å². The van der Waals surface area contributed by atoms with E-state index in [0.29, 0.717) is 0 Å². The zero-order valence-corrected chi connectivity index (χ0v) is 13.5. The molecule has 0 aromatic heterocycles. The fraction of sp³-hybridized carbons (Fsp3) is 0.278. The minimum Gasteiger partial charge on any atom is -0.325 e. The highest BCUT2D eigenvalue weighted by Gasteiger charge is 2.14. The summed E-state index contributed by atoms with van der Waals surface area (Å²) in [4.78, 5) is 12.2. The summed E-state index contributed by atoms with van der Waals surface area (Å²) < 4.78 is 0. The number of benzene rings is 2. The first-order valence-electron chi connectivity index (χ1n) is 7.10. The molecule has 2 nitrogen and oxygen atoms in total. The lowest BCUT2D eigenvalue weighted by atomic mass is 10.1. The van der Waals surface area contributed by atoms with Crippen molar-refractivity contribution in [1.29, 1.82) is 0 Å². The van der Waals surface area contributed by atoms with Crippen molar-refractivity contribution in [3.63, 3.8) is 0 Å². The molecule has 1 unspecified atom stereocenters. The highest BCUT2D eigenvalue weighted by atomic mass is 32.2. The van der Waals surface area contributed by atoms with Gasteiger partial charge < -0.3 is 5.32 Å². The van der Waals surface area contributed by atoms with Crippen molar-refractivity contribution < 1.29 is 4.79 Å². The molecule has 1 atom stereocenters. The lowest BCUT2D eigenvalue weighted by Gasteiger charge is -2.13. The first-order valence-corrected chi connectivity index (χ1v) is 8.15. The Labute approximate surface area is 131 Å². The Bertz CT molecular complexity index is 624. The number of carbonyl (C=O) groups excluding carboxylic acids is 1. The van der Waals surface area contributed by atoms with Crippen molar-refractivity contribution in [2.24, 2.45) is 0 Å². The topological polar surface area (TPSA) is 29.1 Å². The van der Waals surface area contributed by atoms with E-state index in [1.807, 2.05) is 50.2 Å². The molecule has 0 radical (unpaired) electrons. The van der Waals surface area contributed by atoms with Crippen LogP contribution in [-0.2, 0) is 10.5 Å². The monoisotopic (exact) mass is 299 g/mol. The van der Waals surface area contributed by atoms with Crippen molar-refractivity contribution >= 4 is 23.4 Å². The molecule has 0 saturated heterocycles. The fourth-order valence-electron chi connectivity index (χ4n) is 2.03. The van der Waals surface area contributed by atoms with Crippen LogP contribution in [0.15, 0.2) is 48.5 Å². The van der Waals surface area contributed by atoms with Gasteiger partial charge in [0, 0.05) is 11.4 Å². The maximum absolute atomic E-state index is 12.2. The van der Waals surface area contributed by atoms with Crippen LogP contribution in [0, 0.1) is 13.8 Å². The van der Waals surface area contributed by atoms with Gasteiger partial charge in [0.05, 0.1) is 5.25 Å². The molecule has 1 amide bonds. The Morgan fingerprint density at radius 2 is 1.90 bits per heavy atom. The zero-order chi connectivity index (χ0) is 15.2. The van der Waals surface area contributed by atoms with E-state index in [1.165, 1.54) is 11.1 Å². The molecule has 0 aliphatic heterocycles. The molecular weight excluding hydrogens is 278 g/mol. The number of amides is 1. The second-order valence-corrected chi connectivity index (χ2v) is 6.57. The van der Waals surface area contributed by atoms with Crippen LogP contribution in [0.1, 0.15) is 23.6 Å². The molecule has 1 N–H and O–H groups in total.